The molecule has 0 spiro atoms. The van der Waals surface area contributed by atoms with Crippen molar-refractivity contribution in [2.45, 2.75) is 26.4 Å². The summed E-state index contributed by atoms with van der Waals surface area (Å²) in [6.45, 7) is 3.42. The van der Waals surface area contributed by atoms with Crippen molar-refractivity contribution in [3.8, 4) is 0 Å². The summed E-state index contributed by atoms with van der Waals surface area (Å²) in [6, 6.07) is 11.3. The Bertz CT molecular complexity index is 746. The fourth-order valence-corrected chi connectivity index (χ4v) is 2.16. The van der Waals surface area contributed by atoms with E-state index in [4.69, 9.17) is 16.3 Å². The van der Waals surface area contributed by atoms with E-state index in [0.29, 0.717) is 5.69 Å². The number of hydrogen-bond donors (Lipinski definition) is 1. The number of carbonyl (C=O) groups is 2. The number of rotatable bonds is 5. The van der Waals surface area contributed by atoms with E-state index in [9.17, 15) is 14.0 Å². The Morgan fingerprint density at radius 3 is 2.50 bits per heavy atom. The van der Waals surface area contributed by atoms with Gasteiger partial charge in [0.05, 0.1) is 11.4 Å². The second-order valence-electron chi connectivity index (χ2n) is 5.41. The van der Waals surface area contributed by atoms with Gasteiger partial charge in [0, 0.05) is 5.69 Å². The van der Waals surface area contributed by atoms with Gasteiger partial charge in [-0.05, 0) is 37.6 Å². The lowest BCUT2D eigenvalue weighted by Gasteiger charge is -2.14. The number of amides is 1. The molecule has 0 unspecified atom stereocenters. The standard InChI is InChI=1S/C18H17ClFNO3/c1-11-3-5-13(6-4-11)9-17(22)24-12(2)18(23)21-14-7-8-16(20)15(19)10-14/h3-8,10,12H,9H2,1-2H3,(H,21,23)/t12-/m0/s1. The predicted octanol–water partition coefficient (Wildman–Crippen LogP) is 3.90. The number of nitrogens with one attached hydrogen (secondary N) is 1. The van der Waals surface area contributed by atoms with E-state index in [1.54, 1.807) is 0 Å². The van der Waals surface area contributed by atoms with Crippen LogP contribution in [0.15, 0.2) is 42.5 Å². The van der Waals surface area contributed by atoms with E-state index in [-0.39, 0.29) is 11.4 Å². The topological polar surface area (TPSA) is 55.4 Å². The van der Waals surface area contributed by atoms with Crippen molar-refractivity contribution in [1.29, 1.82) is 0 Å². The SMILES string of the molecule is Cc1ccc(CC(=O)O[C@@H](C)C(=O)Nc2ccc(F)c(Cl)c2)cc1. The van der Waals surface area contributed by atoms with E-state index >= 15 is 0 Å². The van der Waals surface area contributed by atoms with Gasteiger partial charge in [-0.1, -0.05) is 41.4 Å². The van der Waals surface area contributed by atoms with Crippen LogP contribution in [0.3, 0.4) is 0 Å². The lowest BCUT2D eigenvalue weighted by atomic mass is 10.1. The minimum Gasteiger partial charge on any atom is -0.452 e. The van der Waals surface area contributed by atoms with Gasteiger partial charge in [-0.15, -0.1) is 0 Å². The number of ether oxygens (including phenoxy) is 1. The number of aryl methyl sites for hydroxylation is 1. The number of anilines is 1. The Morgan fingerprint density at radius 1 is 1.21 bits per heavy atom. The van der Waals surface area contributed by atoms with Crippen LogP contribution in [0.1, 0.15) is 18.1 Å². The highest BCUT2D eigenvalue weighted by atomic mass is 35.5. The van der Waals surface area contributed by atoms with Gasteiger partial charge in [-0.25, -0.2) is 4.39 Å². The number of carbonyl (C=O) groups excluding carboxylic acids is 2. The van der Waals surface area contributed by atoms with Gasteiger partial charge in [0.25, 0.3) is 5.91 Å². The molecule has 6 heteroatoms. The molecule has 0 aliphatic carbocycles. The first-order valence-corrected chi connectivity index (χ1v) is 7.74. The van der Waals surface area contributed by atoms with Crippen molar-refractivity contribution < 1.29 is 18.7 Å². The maximum Gasteiger partial charge on any atom is 0.311 e. The molecule has 0 saturated heterocycles. The third-order valence-corrected chi connectivity index (χ3v) is 3.62. The molecule has 1 amide bonds. The zero-order valence-electron chi connectivity index (χ0n) is 13.3. The van der Waals surface area contributed by atoms with Crippen molar-refractivity contribution in [1.82, 2.24) is 0 Å². The Morgan fingerprint density at radius 2 is 1.88 bits per heavy atom. The largest absolute Gasteiger partial charge is 0.452 e. The molecule has 2 aromatic carbocycles. The van der Waals surface area contributed by atoms with Crippen LogP contribution in [0.4, 0.5) is 10.1 Å². The summed E-state index contributed by atoms with van der Waals surface area (Å²) in [5.41, 5.74) is 2.23. The summed E-state index contributed by atoms with van der Waals surface area (Å²) in [5.74, 6) is -1.60. The Labute approximate surface area is 144 Å². The molecule has 0 aromatic heterocycles. The highest BCUT2D eigenvalue weighted by Crippen LogP contribution is 2.19. The molecule has 2 aromatic rings. The van der Waals surface area contributed by atoms with Gasteiger partial charge in [-0.2, -0.15) is 0 Å². The van der Waals surface area contributed by atoms with Crippen molar-refractivity contribution >= 4 is 29.2 Å². The monoisotopic (exact) mass is 349 g/mol. The van der Waals surface area contributed by atoms with Gasteiger partial charge < -0.3 is 10.1 Å². The molecule has 0 aliphatic heterocycles. The van der Waals surface area contributed by atoms with Crippen molar-refractivity contribution in [3.63, 3.8) is 0 Å². The van der Waals surface area contributed by atoms with Crippen molar-refractivity contribution in [2.24, 2.45) is 0 Å². The van der Waals surface area contributed by atoms with Crippen LogP contribution < -0.4 is 5.32 Å². The summed E-state index contributed by atoms with van der Waals surface area (Å²) in [6.07, 6.45) is -0.896. The van der Waals surface area contributed by atoms with Gasteiger partial charge in [-0.3, -0.25) is 9.59 Å². The van der Waals surface area contributed by atoms with Gasteiger partial charge in [0.2, 0.25) is 0 Å². The van der Waals surface area contributed by atoms with Crippen molar-refractivity contribution in [3.05, 3.63) is 64.4 Å². The highest BCUT2D eigenvalue weighted by Gasteiger charge is 2.18. The maximum atomic E-state index is 13.1. The molecule has 24 heavy (non-hydrogen) atoms. The minimum absolute atomic E-state index is 0.0836. The summed E-state index contributed by atoms with van der Waals surface area (Å²) >= 11 is 5.65. The van der Waals surface area contributed by atoms with Crippen LogP contribution >= 0.6 is 11.6 Å². The molecule has 4 nitrogen and oxygen atoms in total. The zero-order valence-corrected chi connectivity index (χ0v) is 14.1. The lowest BCUT2D eigenvalue weighted by molar-refractivity contribution is -0.152. The van der Waals surface area contributed by atoms with Gasteiger partial charge >= 0.3 is 5.97 Å². The quantitative estimate of drug-likeness (QED) is 0.833. The van der Waals surface area contributed by atoms with E-state index in [2.05, 4.69) is 5.32 Å². The van der Waals surface area contributed by atoms with E-state index in [1.165, 1.54) is 19.1 Å². The highest BCUT2D eigenvalue weighted by molar-refractivity contribution is 6.31. The molecule has 2 rings (SSSR count). The normalized spacial score (nSPS) is 11.7. The number of benzene rings is 2. The fraction of sp³-hybridized carbons (Fsp3) is 0.222. The van der Waals surface area contributed by atoms with Crippen LogP contribution in [0.25, 0.3) is 0 Å². The first-order chi connectivity index (χ1) is 11.3. The third kappa shape index (κ3) is 5.06. The molecule has 0 saturated carbocycles. The Kier molecular flexibility index (Phi) is 5.93. The number of esters is 1. The molecule has 0 aliphatic rings. The van der Waals surface area contributed by atoms with Gasteiger partial charge in [0.1, 0.15) is 5.82 Å². The second kappa shape index (κ2) is 7.93. The molecule has 0 heterocycles. The molecular formula is C18H17ClFNO3. The van der Waals surface area contributed by atoms with Crippen LogP contribution in [-0.2, 0) is 20.7 Å². The summed E-state index contributed by atoms with van der Waals surface area (Å²) in [7, 11) is 0. The number of halogens is 2. The summed E-state index contributed by atoms with van der Waals surface area (Å²) < 4.78 is 18.2. The average Bonchev–Trinajstić information content (AvgIpc) is 2.53. The van der Waals surface area contributed by atoms with Crippen molar-refractivity contribution in [2.75, 3.05) is 5.32 Å². The molecule has 0 radical (unpaired) electrons. The van der Waals surface area contributed by atoms with E-state index < -0.39 is 23.8 Å². The molecule has 126 valence electrons. The van der Waals surface area contributed by atoms with E-state index in [1.807, 2.05) is 31.2 Å². The van der Waals surface area contributed by atoms with Crippen LogP contribution in [-0.4, -0.2) is 18.0 Å². The zero-order chi connectivity index (χ0) is 17.7. The molecule has 1 N–H and O–H groups in total. The molecule has 0 bridgehead atoms. The second-order valence-corrected chi connectivity index (χ2v) is 5.82. The van der Waals surface area contributed by atoms with Gasteiger partial charge in [0.15, 0.2) is 6.10 Å². The minimum atomic E-state index is -0.980. The maximum absolute atomic E-state index is 13.1. The van der Waals surface area contributed by atoms with Crippen LogP contribution in [0.2, 0.25) is 5.02 Å². The molecule has 0 fully saturated rings. The first-order valence-electron chi connectivity index (χ1n) is 7.36. The first kappa shape index (κ1) is 17.9. The molecular weight excluding hydrogens is 333 g/mol. The van der Waals surface area contributed by atoms with E-state index in [0.717, 1.165) is 17.2 Å². The van der Waals surface area contributed by atoms with Crippen LogP contribution in [0.5, 0.6) is 0 Å². The fourth-order valence-electron chi connectivity index (χ4n) is 1.98. The molecule has 1 atom stereocenters. The third-order valence-electron chi connectivity index (χ3n) is 3.33. The summed E-state index contributed by atoms with van der Waals surface area (Å²) in [4.78, 5) is 23.9. The average molecular weight is 350 g/mol. The smallest absolute Gasteiger partial charge is 0.311 e. The van der Waals surface area contributed by atoms with Crippen LogP contribution in [0, 0.1) is 12.7 Å². The summed E-state index contributed by atoms with van der Waals surface area (Å²) in [5, 5.41) is 2.42. The Hall–Kier alpha value is -2.40. The lowest BCUT2D eigenvalue weighted by Crippen LogP contribution is -2.30. The number of hydrogen-bond acceptors (Lipinski definition) is 3. The Balaban J connectivity index is 1.89. The predicted molar refractivity (Wildman–Crippen MR) is 90.5 cm³/mol.